The molecule has 0 aromatic heterocycles. The van der Waals surface area contributed by atoms with E-state index in [1.807, 2.05) is 24.3 Å². The second-order valence-corrected chi connectivity index (χ2v) is 5.47. The first-order valence-corrected chi connectivity index (χ1v) is 7.39. The minimum Gasteiger partial charge on any atom is -0.483 e. The highest BCUT2D eigenvalue weighted by molar-refractivity contribution is 5.95. The lowest BCUT2D eigenvalue weighted by molar-refractivity contribution is -0.118. The van der Waals surface area contributed by atoms with Gasteiger partial charge in [-0.15, -0.1) is 0 Å². The van der Waals surface area contributed by atoms with Crippen molar-refractivity contribution in [2.75, 3.05) is 11.9 Å². The van der Waals surface area contributed by atoms with E-state index in [0.29, 0.717) is 22.9 Å². The number of primary amides is 1. The summed E-state index contributed by atoms with van der Waals surface area (Å²) in [6.07, 6.45) is 0. The van der Waals surface area contributed by atoms with Crippen LogP contribution in [0, 0.1) is 0 Å². The number of carbonyl (C=O) groups is 2. The minimum absolute atomic E-state index is 0.0820. The van der Waals surface area contributed by atoms with Gasteiger partial charge in [-0.25, -0.2) is 0 Å². The van der Waals surface area contributed by atoms with Crippen LogP contribution in [0.25, 0.3) is 0 Å². The van der Waals surface area contributed by atoms with Gasteiger partial charge in [0, 0.05) is 11.3 Å². The van der Waals surface area contributed by atoms with E-state index in [1.54, 1.807) is 24.3 Å². The fraction of sp³-hybridized carbons (Fsp3) is 0.222. The van der Waals surface area contributed by atoms with Crippen molar-refractivity contribution in [1.82, 2.24) is 0 Å². The lowest BCUT2D eigenvalue weighted by atomic mass is 10.0. The molecule has 0 bridgehead atoms. The highest BCUT2D eigenvalue weighted by Gasteiger charge is 2.09. The van der Waals surface area contributed by atoms with Crippen LogP contribution in [0.3, 0.4) is 0 Å². The first-order chi connectivity index (χ1) is 11.0. The number of hydrogen-bond acceptors (Lipinski definition) is 3. The monoisotopic (exact) mass is 312 g/mol. The average molecular weight is 312 g/mol. The van der Waals surface area contributed by atoms with Gasteiger partial charge in [0.05, 0.1) is 0 Å². The zero-order chi connectivity index (χ0) is 16.8. The summed E-state index contributed by atoms with van der Waals surface area (Å²) in [5.74, 6) is 0.254. The maximum atomic E-state index is 12.0. The summed E-state index contributed by atoms with van der Waals surface area (Å²) in [6, 6.07) is 14.0. The lowest BCUT2D eigenvalue weighted by Crippen LogP contribution is -2.20. The van der Waals surface area contributed by atoms with E-state index < -0.39 is 5.91 Å². The normalized spacial score (nSPS) is 10.4. The number of carbonyl (C=O) groups excluding carboxylic acids is 2. The third-order valence-corrected chi connectivity index (χ3v) is 3.35. The number of para-hydroxylation sites is 1. The summed E-state index contributed by atoms with van der Waals surface area (Å²) in [6.45, 7) is 4.06. The average Bonchev–Trinajstić information content (AvgIpc) is 2.53. The minimum atomic E-state index is -0.503. The topological polar surface area (TPSA) is 81.4 Å². The van der Waals surface area contributed by atoms with Crippen molar-refractivity contribution in [3.05, 3.63) is 59.7 Å². The predicted octanol–water partition coefficient (Wildman–Crippen LogP) is 2.93. The quantitative estimate of drug-likeness (QED) is 0.860. The molecule has 0 aliphatic heterocycles. The second kappa shape index (κ2) is 7.45. The molecule has 0 spiro atoms. The van der Waals surface area contributed by atoms with E-state index in [9.17, 15) is 9.59 Å². The summed E-state index contributed by atoms with van der Waals surface area (Å²) in [5, 5.41) is 2.71. The molecule has 0 aliphatic rings. The molecule has 0 atom stereocenters. The lowest BCUT2D eigenvalue weighted by Gasteiger charge is -2.13. The molecule has 0 heterocycles. The molecule has 23 heavy (non-hydrogen) atoms. The number of benzene rings is 2. The molecule has 2 amide bonds. The van der Waals surface area contributed by atoms with Gasteiger partial charge in [0.2, 0.25) is 5.91 Å². The molecule has 120 valence electrons. The molecule has 0 unspecified atom stereocenters. The van der Waals surface area contributed by atoms with Crippen LogP contribution < -0.4 is 15.8 Å². The first kappa shape index (κ1) is 16.5. The van der Waals surface area contributed by atoms with Gasteiger partial charge in [-0.2, -0.15) is 0 Å². The van der Waals surface area contributed by atoms with Crippen LogP contribution in [0.1, 0.15) is 35.7 Å². The van der Waals surface area contributed by atoms with E-state index in [1.165, 1.54) is 0 Å². The Morgan fingerprint density at radius 2 is 1.74 bits per heavy atom. The molecule has 2 aromatic carbocycles. The standard InChI is InChI=1S/C18H20N2O3/c1-12(2)15-5-3-4-6-16(15)23-11-17(21)20-14-9-7-13(8-10-14)18(19)22/h3-10,12H,11H2,1-2H3,(H2,19,22)(H,20,21). The van der Waals surface area contributed by atoms with Crippen molar-refractivity contribution in [3.63, 3.8) is 0 Å². The number of rotatable bonds is 6. The van der Waals surface area contributed by atoms with Gasteiger partial charge in [-0.1, -0.05) is 32.0 Å². The Labute approximate surface area is 135 Å². The van der Waals surface area contributed by atoms with Gasteiger partial charge in [-0.3, -0.25) is 9.59 Å². The maximum Gasteiger partial charge on any atom is 0.262 e. The summed E-state index contributed by atoms with van der Waals surface area (Å²) < 4.78 is 5.61. The molecule has 0 saturated heterocycles. The van der Waals surface area contributed by atoms with Gasteiger partial charge in [0.25, 0.3) is 5.91 Å². The molecule has 5 heteroatoms. The van der Waals surface area contributed by atoms with Crippen LogP contribution in [0.4, 0.5) is 5.69 Å². The number of hydrogen-bond donors (Lipinski definition) is 2. The van der Waals surface area contributed by atoms with E-state index in [2.05, 4.69) is 19.2 Å². The Hall–Kier alpha value is -2.82. The van der Waals surface area contributed by atoms with Crippen molar-refractivity contribution >= 4 is 17.5 Å². The van der Waals surface area contributed by atoms with Crippen LogP contribution in [-0.4, -0.2) is 18.4 Å². The Kier molecular flexibility index (Phi) is 5.36. The van der Waals surface area contributed by atoms with E-state index >= 15 is 0 Å². The Bertz CT molecular complexity index is 694. The second-order valence-electron chi connectivity index (χ2n) is 5.47. The predicted molar refractivity (Wildman–Crippen MR) is 89.6 cm³/mol. The molecule has 2 rings (SSSR count). The molecule has 2 aromatic rings. The summed E-state index contributed by atoms with van der Waals surface area (Å²) in [4.78, 5) is 23.0. The van der Waals surface area contributed by atoms with Crippen molar-refractivity contribution in [1.29, 1.82) is 0 Å². The molecule has 5 nitrogen and oxygen atoms in total. The van der Waals surface area contributed by atoms with Crippen molar-refractivity contribution < 1.29 is 14.3 Å². The highest BCUT2D eigenvalue weighted by atomic mass is 16.5. The highest BCUT2D eigenvalue weighted by Crippen LogP contribution is 2.25. The van der Waals surface area contributed by atoms with Crippen LogP contribution >= 0.6 is 0 Å². The number of nitrogens with two attached hydrogens (primary N) is 1. The Balaban J connectivity index is 1.94. The molecular weight excluding hydrogens is 292 g/mol. The van der Waals surface area contributed by atoms with Crippen LogP contribution in [0.5, 0.6) is 5.75 Å². The molecule has 0 saturated carbocycles. The van der Waals surface area contributed by atoms with E-state index in [4.69, 9.17) is 10.5 Å². The molecular formula is C18H20N2O3. The number of amides is 2. The Morgan fingerprint density at radius 1 is 1.09 bits per heavy atom. The summed E-state index contributed by atoms with van der Waals surface area (Å²) in [5.41, 5.74) is 7.21. The fourth-order valence-electron chi connectivity index (χ4n) is 2.15. The third-order valence-electron chi connectivity index (χ3n) is 3.35. The first-order valence-electron chi connectivity index (χ1n) is 7.39. The zero-order valence-electron chi connectivity index (χ0n) is 13.2. The van der Waals surface area contributed by atoms with Crippen LogP contribution in [-0.2, 0) is 4.79 Å². The zero-order valence-corrected chi connectivity index (χ0v) is 13.2. The number of nitrogens with one attached hydrogen (secondary N) is 1. The van der Waals surface area contributed by atoms with E-state index in [-0.39, 0.29) is 12.5 Å². The van der Waals surface area contributed by atoms with Crippen molar-refractivity contribution in [3.8, 4) is 5.75 Å². The van der Waals surface area contributed by atoms with Gasteiger partial charge in [-0.05, 0) is 41.8 Å². The Morgan fingerprint density at radius 3 is 2.35 bits per heavy atom. The fourth-order valence-corrected chi connectivity index (χ4v) is 2.15. The van der Waals surface area contributed by atoms with Crippen LogP contribution in [0.2, 0.25) is 0 Å². The molecule has 0 radical (unpaired) electrons. The smallest absolute Gasteiger partial charge is 0.262 e. The number of ether oxygens (including phenoxy) is 1. The van der Waals surface area contributed by atoms with Gasteiger partial charge >= 0.3 is 0 Å². The maximum absolute atomic E-state index is 12.0. The summed E-state index contributed by atoms with van der Waals surface area (Å²) >= 11 is 0. The molecule has 0 aliphatic carbocycles. The van der Waals surface area contributed by atoms with Gasteiger partial charge in [0.1, 0.15) is 5.75 Å². The molecule has 3 N–H and O–H groups in total. The van der Waals surface area contributed by atoms with E-state index in [0.717, 1.165) is 5.56 Å². The van der Waals surface area contributed by atoms with Gasteiger partial charge in [0.15, 0.2) is 6.61 Å². The van der Waals surface area contributed by atoms with Crippen molar-refractivity contribution in [2.24, 2.45) is 5.73 Å². The van der Waals surface area contributed by atoms with Crippen LogP contribution in [0.15, 0.2) is 48.5 Å². The summed E-state index contributed by atoms with van der Waals surface area (Å²) in [7, 11) is 0. The largest absolute Gasteiger partial charge is 0.483 e. The number of anilines is 1. The van der Waals surface area contributed by atoms with Crippen molar-refractivity contribution in [2.45, 2.75) is 19.8 Å². The SMILES string of the molecule is CC(C)c1ccccc1OCC(=O)Nc1ccc(C(N)=O)cc1. The third kappa shape index (κ3) is 4.57. The van der Waals surface area contributed by atoms with Gasteiger partial charge < -0.3 is 15.8 Å². The molecule has 0 fully saturated rings.